The summed E-state index contributed by atoms with van der Waals surface area (Å²) in [5.74, 6) is -1.54. The van der Waals surface area contributed by atoms with Crippen LogP contribution >= 0.6 is 0 Å². The van der Waals surface area contributed by atoms with E-state index in [4.69, 9.17) is 0 Å². The molecule has 0 aliphatic carbocycles. The third-order valence-electron chi connectivity index (χ3n) is 3.59. The molecule has 6 nitrogen and oxygen atoms in total. The zero-order valence-corrected chi connectivity index (χ0v) is 12.2. The second-order valence-electron chi connectivity index (χ2n) is 5.16. The Balaban J connectivity index is 2.05. The molecule has 0 bridgehead atoms. The van der Waals surface area contributed by atoms with Gasteiger partial charge in [-0.1, -0.05) is 12.1 Å². The lowest BCUT2D eigenvalue weighted by Crippen LogP contribution is -2.47. The normalized spacial score (nSPS) is 22.4. The van der Waals surface area contributed by atoms with Crippen LogP contribution in [0.3, 0.4) is 0 Å². The van der Waals surface area contributed by atoms with E-state index >= 15 is 0 Å². The quantitative estimate of drug-likeness (QED) is 0.888. The number of anilines is 1. The summed E-state index contributed by atoms with van der Waals surface area (Å²) < 4.78 is 39.1. The monoisotopic (exact) mass is 338 g/mol. The maximum Gasteiger partial charge on any atom is 0.415 e. The third kappa shape index (κ3) is 2.95. The van der Waals surface area contributed by atoms with Gasteiger partial charge in [-0.05, 0) is 24.3 Å². The summed E-state index contributed by atoms with van der Waals surface area (Å²) in [5.41, 5.74) is -0.0122. The molecule has 24 heavy (non-hydrogen) atoms. The average Bonchev–Trinajstić information content (AvgIpc) is 2.92. The van der Waals surface area contributed by atoms with Crippen molar-refractivity contribution in [2.24, 2.45) is 11.0 Å². The Morgan fingerprint density at radius 2 is 1.71 bits per heavy atom. The van der Waals surface area contributed by atoms with Gasteiger partial charge in [0.15, 0.2) is 18.1 Å². The van der Waals surface area contributed by atoms with E-state index in [0.717, 1.165) is 5.01 Å². The van der Waals surface area contributed by atoms with Crippen molar-refractivity contribution in [3.05, 3.63) is 54.5 Å². The second-order valence-corrected chi connectivity index (χ2v) is 5.16. The Bertz CT molecular complexity index is 725. The van der Waals surface area contributed by atoms with Crippen molar-refractivity contribution in [3.8, 4) is 0 Å². The lowest BCUT2D eigenvalue weighted by molar-refractivity contribution is -0.218. The van der Waals surface area contributed by atoms with Gasteiger partial charge in [-0.3, -0.25) is 4.98 Å². The van der Waals surface area contributed by atoms with E-state index in [0.29, 0.717) is 0 Å². The minimum atomic E-state index is -4.92. The van der Waals surface area contributed by atoms with E-state index in [2.05, 4.69) is 15.1 Å². The highest BCUT2D eigenvalue weighted by molar-refractivity contribution is 6.03. The van der Waals surface area contributed by atoms with Crippen molar-refractivity contribution in [2.45, 2.75) is 18.5 Å². The number of rotatable bonds is 3. The van der Waals surface area contributed by atoms with Crippen molar-refractivity contribution in [2.75, 3.05) is 5.01 Å². The third-order valence-corrected chi connectivity index (χ3v) is 3.59. The van der Waals surface area contributed by atoms with Crippen molar-refractivity contribution < 1.29 is 23.4 Å². The lowest BCUT2D eigenvalue weighted by Gasteiger charge is -2.27. The van der Waals surface area contributed by atoms with E-state index in [1.807, 2.05) is 0 Å². The summed E-state index contributed by atoms with van der Waals surface area (Å²) in [6.07, 6.45) is -6.62. The minimum Gasteiger partial charge on any atom is -0.383 e. The smallest absolute Gasteiger partial charge is 0.383 e. The van der Waals surface area contributed by atoms with Gasteiger partial charge < -0.3 is 10.2 Å². The van der Waals surface area contributed by atoms with Crippen LogP contribution in [0.15, 0.2) is 53.9 Å². The molecular weight excluding hydrogens is 325 g/mol. The molecule has 2 aromatic rings. The van der Waals surface area contributed by atoms with Crippen molar-refractivity contribution in [1.29, 1.82) is 0 Å². The first kappa shape index (κ1) is 16.3. The summed E-state index contributed by atoms with van der Waals surface area (Å²) in [4.78, 5) is 7.94. The highest BCUT2D eigenvalue weighted by Crippen LogP contribution is 2.35. The van der Waals surface area contributed by atoms with Crippen LogP contribution < -0.4 is 5.01 Å². The zero-order chi connectivity index (χ0) is 17.3. The molecule has 3 heterocycles. The fraction of sp³-hybridized carbons (Fsp3) is 0.267. The van der Waals surface area contributed by atoms with Gasteiger partial charge in [0.25, 0.3) is 0 Å². The van der Waals surface area contributed by atoms with Crippen molar-refractivity contribution in [1.82, 2.24) is 9.97 Å². The van der Waals surface area contributed by atoms with Gasteiger partial charge in [0, 0.05) is 12.4 Å². The minimum absolute atomic E-state index is 0.142. The standard InChI is InChI=1S/C15H13F3N4O2/c16-15(17,18)13(23)11-12(9-5-1-3-7-19-9)21-22(14(11)24)10-6-2-4-8-20-10/h1-8,11,13-14,23-24H. The fourth-order valence-corrected chi connectivity index (χ4v) is 2.46. The van der Waals surface area contributed by atoms with Crippen LogP contribution in [0.25, 0.3) is 0 Å². The highest BCUT2D eigenvalue weighted by Gasteiger charge is 2.53. The molecular formula is C15H13F3N4O2. The number of halogens is 3. The highest BCUT2D eigenvalue weighted by atomic mass is 19.4. The van der Waals surface area contributed by atoms with Crippen LogP contribution in [0, 0.1) is 5.92 Å². The Kier molecular flexibility index (Phi) is 4.20. The topological polar surface area (TPSA) is 81.8 Å². The van der Waals surface area contributed by atoms with E-state index in [-0.39, 0.29) is 17.2 Å². The largest absolute Gasteiger partial charge is 0.415 e. The molecule has 3 rings (SSSR count). The molecule has 3 unspecified atom stereocenters. The van der Waals surface area contributed by atoms with Crippen LogP contribution in [0.2, 0.25) is 0 Å². The molecule has 0 aromatic carbocycles. The molecule has 0 amide bonds. The van der Waals surface area contributed by atoms with Crippen LogP contribution in [0.4, 0.5) is 19.0 Å². The summed E-state index contributed by atoms with van der Waals surface area (Å²) in [6, 6.07) is 9.36. The first-order chi connectivity index (χ1) is 11.4. The summed E-state index contributed by atoms with van der Waals surface area (Å²) >= 11 is 0. The van der Waals surface area contributed by atoms with E-state index < -0.39 is 24.4 Å². The Hall–Kier alpha value is -2.52. The average molecular weight is 338 g/mol. The Labute approximate surface area is 134 Å². The van der Waals surface area contributed by atoms with E-state index in [1.54, 1.807) is 24.3 Å². The molecule has 2 aromatic heterocycles. The van der Waals surface area contributed by atoms with Crippen LogP contribution in [0.5, 0.6) is 0 Å². The van der Waals surface area contributed by atoms with E-state index in [1.165, 1.54) is 24.5 Å². The van der Waals surface area contributed by atoms with Gasteiger partial charge in [0.2, 0.25) is 0 Å². The van der Waals surface area contributed by atoms with Crippen LogP contribution in [-0.2, 0) is 0 Å². The summed E-state index contributed by atoms with van der Waals surface area (Å²) in [7, 11) is 0. The van der Waals surface area contributed by atoms with Crippen LogP contribution in [-0.4, -0.2) is 44.4 Å². The molecule has 3 atom stereocenters. The van der Waals surface area contributed by atoms with Crippen molar-refractivity contribution in [3.63, 3.8) is 0 Å². The molecule has 126 valence electrons. The first-order valence-corrected chi connectivity index (χ1v) is 7.02. The molecule has 0 saturated carbocycles. The molecule has 9 heteroatoms. The van der Waals surface area contributed by atoms with Crippen molar-refractivity contribution >= 4 is 11.5 Å². The number of aliphatic hydroxyl groups is 2. The van der Waals surface area contributed by atoms with Gasteiger partial charge in [-0.25, -0.2) is 9.99 Å². The molecule has 0 fully saturated rings. The van der Waals surface area contributed by atoms with Gasteiger partial charge >= 0.3 is 6.18 Å². The van der Waals surface area contributed by atoms with Gasteiger partial charge in [-0.15, -0.1) is 0 Å². The summed E-state index contributed by atoms with van der Waals surface area (Å²) in [5, 5.41) is 25.1. The fourth-order valence-electron chi connectivity index (χ4n) is 2.46. The predicted octanol–water partition coefficient (Wildman–Crippen LogP) is 1.56. The predicted molar refractivity (Wildman–Crippen MR) is 79.0 cm³/mol. The number of alkyl halides is 3. The van der Waals surface area contributed by atoms with Gasteiger partial charge in [-0.2, -0.15) is 18.3 Å². The lowest BCUT2D eigenvalue weighted by atomic mass is 9.93. The SMILES string of the molecule is OC1C(C(O)C(F)(F)F)C(c2ccccn2)=NN1c1ccccn1. The Morgan fingerprint density at radius 3 is 2.25 bits per heavy atom. The van der Waals surface area contributed by atoms with E-state index in [9.17, 15) is 23.4 Å². The maximum absolute atomic E-state index is 13.0. The van der Waals surface area contributed by atoms with Gasteiger partial charge in [0.05, 0.1) is 17.3 Å². The summed E-state index contributed by atoms with van der Waals surface area (Å²) in [6.45, 7) is 0. The number of hydrogen-bond acceptors (Lipinski definition) is 6. The molecule has 0 saturated heterocycles. The maximum atomic E-state index is 13.0. The van der Waals surface area contributed by atoms with Crippen LogP contribution in [0.1, 0.15) is 5.69 Å². The zero-order valence-electron chi connectivity index (χ0n) is 12.2. The molecule has 1 aliphatic heterocycles. The number of hydrazone groups is 1. The molecule has 0 spiro atoms. The number of aromatic nitrogens is 2. The van der Waals surface area contributed by atoms with Gasteiger partial charge in [0.1, 0.15) is 0 Å². The second kappa shape index (κ2) is 6.17. The molecule has 1 aliphatic rings. The number of pyridine rings is 2. The molecule has 0 radical (unpaired) electrons. The molecule has 2 N–H and O–H groups in total. The number of nitrogens with zero attached hydrogens (tertiary/aromatic N) is 4. The Morgan fingerprint density at radius 1 is 1.04 bits per heavy atom. The first-order valence-electron chi connectivity index (χ1n) is 7.02. The number of hydrogen-bond donors (Lipinski definition) is 2. The number of aliphatic hydroxyl groups excluding tert-OH is 2.